The van der Waals surface area contributed by atoms with E-state index in [1.807, 2.05) is 11.3 Å². The Hall–Kier alpha value is -0.820. The van der Waals surface area contributed by atoms with Crippen molar-refractivity contribution < 1.29 is 0 Å². The Morgan fingerprint density at radius 2 is 2.00 bits per heavy atom. The summed E-state index contributed by atoms with van der Waals surface area (Å²) in [5.74, 6) is 0.797. The van der Waals surface area contributed by atoms with E-state index in [1.54, 1.807) is 0 Å². The summed E-state index contributed by atoms with van der Waals surface area (Å²) < 4.78 is 1.44. The Morgan fingerprint density at radius 1 is 1.20 bits per heavy atom. The topological polar surface area (TPSA) is 0 Å². The van der Waals surface area contributed by atoms with E-state index < -0.39 is 0 Å². The van der Waals surface area contributed by atoms with Gasteiger partial charge in [0.1, 0.15) is 0 Å². The van der Waals surface area contributed by atoms with Gasteiger partial charge in [0.05, 0.1) is 0 Å². The predicted octanol–water partition coefficient (Wildman–Crippen LogP) is 4.80. The Kier molecular flexibility index (Phi) is 3.11. The number of benzene rings is 1. The minimum atomic E-state index is 0.797. The summed E-state index contributed by atoms with van der Waals surface area (Å²) in [6.07, 6.45) is 2.50. The van der Waals surface area contributed by atoms with E-state index >= 15 is 0 Å². The fourth-order valence-electron chi connectivity index (χ4n) is 1.82. The van der Waals surface area contributed by atoms with Gasteiger partial charge in [0.2, 0.25) is 0 Å². The average Bonchev–Trinajstić information content (AvgIpc) is 2.53. The number of thiophene rings is 1. The van der Waals surface area contributed by atoms with E-state index in [4.69, 9.17) is 0 Å². The molecule has 80 valence electrons. The zero-order valence-corrected chi connectivity index (χ0v) is 10.5. The summed E-state index contributed by atoms with van der Waals surface area (Å²) in [6, 6.07) is 9.16. The lowest BCUT2D eigenvalue weighted by molar-refractivity contribution is 0.587. The predicted molar refractivity (Wildman–Crippen MR) is 69.7 cm³/mol. The number of hydrogen-bond acceptors (Lipinski definition) is 1. The molecular formula is C14H18S. The maximum absolute atomic E-state index is 2.36. The van der Waals surface area contributed by atoms with E-state index in [1.165, 1.54) is 33.4 Å². The Balaban J connectivity index is 2.22. The largest absolute Gasteiger partial charge is 0.141 e. The van der Waals surface area contributed by atoms with E-state index in [2.05, 4.69) is 45.0 Å². The molecular weight excluding hydrogens is 200 g/mol. The van der Waals surface area contributed by atoms with Gasteiger partial charge in [-0.2, -0.15) is 0 Å². The SMILES string of the molecule is Cc1cc2ccc(CCC(C)C)cc2s1. The lowest BCUT2D eigenvalue weighted by atomic mass is 10.0. The summed E-state index contributed by atoms with van der Waals surface area (Å²) in [5, 5.41) is 1.39. The van der Waals surface area contributed by atoms with Crippen molar-refractivity contribution in [2.24, 2.45) is 5.92 Å². The molecule has 0 spiro atoms. The van der Waals surface area contributed by atoms with Crippen LogP contribution in [0.5, 0.6) is 0 Å². The minimum absolute atomic E-state index is 0.797. The molecule has 1 aromatic carbocycles. The Bertz CT molecular complexity index is 451. The number of hydrogen-bond donors (Lipinski definition) is 0. The number of rotatable bonds is 3. The van der Waals surface area contributed by atoms with Gasteiger partial charge in [-0.15, -0.1) is 11.3 Å². The first kappa shape index (κ1) is 10.7. The van der Waals surface area contributed by atoms with Crippen LogP contribution in [0.25, 0.3) is 10.1 Å². The molecule has 0 unspecified atom stereocenters. The maximum atomic E-state index is 2.36. The van der Waals surface area contributed by atoms with Crippen LogP contribution in [0.1, 0.15) is 30.7 Å². The van der Waals surface area contributed by atoms with Gasteiger partial charge in [-0.3, -0.25) is 0 Å². The van der Waals surface area contributed by atoms with Gasteiger partial charge in [-0.25, -0.2) is 0 Å². The second-order valence-electron chi connectivity index (χ2n) is 4.66. The zero-order chi connectivity index (χ0) is 10.8. The monoisotopic (exact) mass is 218 g/mol. The van der Waals surface area contributed by atoms with Gasteiger partial charge in [-0.05, 0) is 48.8 Å². The summed E-state index contributed by atoms with van der Waals surface area (Å²) in [6.45, 7) is 6.75. The molecule has 0 bridgehead atoms. The van der Waals surface area contributed by atoms with Crippen LogP contribution in [0.3, 0.4) is 0 Å². The lowest BCUT2D eigenvalue weighted by Crippen LogP contribution is -1.91. The first-order valence-electron chi connectivity index (χ1n) is 5.64. The van der Waals surface area contributed by atoms with Gasteiger partial charge >= 0.3 is 0 Å². The highest BCUT2D eigenvalue weighted by atomic mass is 32.1. The van der Waals surface area contributed by atoms with Crippen molar-refractivity contribution in [2.45, 2.75) is 33.6 Å². The summed E-state index contributed by atoms with van der Waals surface area (Å²) >= 11 is 1.90. The highest BCUT2D eigenvalue weighted by Crippen LogP contribution is 2.26. The van der Waals surface area contributed by atoms with Crippen LogP contribution in [-0.2, 0) is 6.42 Å². The van der Waals surface area contributed by atoms with Gasteiger partial charge < -0.3 is 0 Å². The van der Waals surface area contributed by atoms with E-state index in [9.17, 15) is 0 Å². The molecule has 2 aromatic rings. The molecule has 15 heavy (non-hydrogen) atoms. The molecule has 0 atom stereocenters. The van der Waals surface area contributed by atoms with E-state index in [-0.39, 0.29) is 0 Å². The van der Waals surface area contributed by atoms with Crippen LogP contribution in [0.2, 0.25) is 0 Å². The first-order valence-corrected chi connectivity index (χ1v) is 6.46. The molecule has 0 aliphatic carbocycles. The lowest BCUT2D eigenvalue weighted by Gasteiger charge is -2.04. The normalized spacial score (nSPS) is 11.5. The molecule has 1 aromatic heterocycles. The molecule has 0 N–H and O–H groups in total. The average molecular weight is 218 g/mol. The van der Waals surface area contributed by atoms with Crippen LogP contribution < -0.4 is 0 Å². The standard InChI is InChI=1S/C14H18S/c1-10(2)4-5-12-6-7-13-8-11(3)15-14(13)9-12/h6-10H,4-5H2,1-3H3. The molecule has 0 saturated heterocycles. The fourth-order valence-corrected chi connectivity index (χ4v) is 2.81. The molecule has 2 rings (SSSR count). The van der Waals surface area contributed by atoms with E-state index in [0.717, 1.165) is 5.92 Å². The maximum Gasteiger partial charge on any atom is 0.0348 e. The third-order valence-electron chi connectivity index (χ3n) is 2.72. The van der Waals surface area contributed by atoms with Crippen molar-refractivity contribution in [3.8, 4) is 0 Å². The van der Waals surface area contributed by atoms with Gasteiger partial charge in [-0.1, -0.05) is 26.0 Å². The minimum Gasteiger partial charge on any atom is -0.141 e. The number of fused-ring (bicyclic) bond motifs is 1. The zero-order valence-electron chi connectivity index (χ0n) is 9.71. The van der Waals surface area contributed by atoms with Crippen LogP contribution in [0.4, 0.5) is 0 Å². The third-order valence-corrected chi connectivity index (χ3v) is 3.73. The van der Waals surface area contributed by atoms with Crippen LogP contribution in [-0.4, -0.2) is 0 Å². The van der Waals surface area contributed by atoms with Crippen molar-refractivity contribution in [2.75, 3.05) is 0 Å². The highest BCUT2D eigenvalue weighted by Gasteiger charge is 2.01. The molecule has 0 aliphatic heterocycles. The first-order chi connectivity index (χ1) is 7.15. The number of aryl methyl sites for hydroxylation is 2. The Labute approximate surface area is 95.9 Å². The smallest absolute Gasteiger partial charge is 0.0348 e. The molecule has 0 saturated carbocycles. The van der Waals surface area contributed by atoms with Crippen molar-refractivity contribution in [1.29, 1.82) is 0 Å². The molecule has 1 heterocycles. The molecule has 0 radical (unpaired) electrons. The van der Waals surface area contributed by atoms with Crippen molar-refractivity contribution in [1.82, 2.24) is 0 Å². The summed E-state index contributed by atoms with van der Waals surface area (Å²) in [7, 11) is 0. The molecule has 0 aliphatic rings. The third kappa shape index (κ3) is 2.60. The van der Waals surface area contributed by atoms with E-state index in [0.29, 0.717) is 0 Å². The molecule has 0 nitrogen and oxygen atoms in total. The molecule has 0 fully saturated rings. The van der Waals surface area contributed by atoms with Crippen molar-refractivity contribution in [3.05, 3.63) is 34.7 Å². The summed E-state index contributed by atoms with van der Waals surface area (Å²) in [5.41, 5.74) is 1.48. The molecule has 1 heteroatoms. The van der Waals surface area contributed by atoms with Gasteiger partial charge in [0.25, 0.3) is 0 Å². The second-order valence-corrected chi connectivity index (χ2v) is 5.95. The molecule has 0 amide bonds. The summed E-state index contributed by atoms with van der Waals surface area (Å²) in [4.78, 5) is 1.41. The van der Waals surface area contributed by atoms with Crippen LogP contribution >= 0.6 is 11.3 Å². The van der Waals surface area contributed by atoms with Gasteiger partial charge in [0, 0.05) is 9.58 Å². The van der Waals surface area contributed by atoms with Crippen LogP contribution in [0.15, 0.2) is 24.3 Å². The highest BCUT2D eigenvalue weighted by molar-refractivity contribution is 7.19. The van der Waals surface area contributed by atoms with Crippen molar-refractivity contribution in [3.63, 3.8) is 0 Å². The Morgan fingerprint density at radius 3 is 2.73 bits per heavy atom. The van der Waals surface area contributed by atoms with Gasteiger partial charge in [0.15, 0.2) is 0 Å². The van der Waals surface area contributed by atoms with Crippen molar-refractivity contribution >= 4 is 21.4 Å². The fraction of sp³-hybridized carbons (Fsp3) is 0.429. The quantitative estimate of drug-likeness (QED) is 0.694. The van der Waals surface area contributed by atoms with Crippen LogP contribution in [0, 0.1) is 12.8 Å². The second kappa shape index (κ2) is 4.36.